The lowest BCUT2D eigenvalue weighted by atomic mass is 9.87. The number of para-hydroxylation sites is 1. The number of piperidine rings is 1. The number of carbonyl (C=O) groups is 1. The zero-order chi connectivity index (χ0) is 16.8. The standard InChI is InChI=1S/C21H26N2O/c1-22-21(24)20(17-10-4-2-5-11-17)16-19-14-8-9-15-23(19)18-12-6-3-7-13-18/h2-7,10-13,19-20H,8-9,14-16H2,1H3,(H,22,24). The summed E-state index contributed by atoms with van der Waals surface area (Å²) >= 11 is 0. The van der Waals surface area contributed by atoms with E-state index in [1.54, 1.807) is 7.05 Å². The van der Waals surface area contributed by atoms with Gasteiger partial charge in [-0.05, 0) is 43.4 Å². The highest BCUT2D eigenvalue weighted by Gasteiger charge is 2.29. The molecule has 1 amide bonds. The van der Waals surface area contributed by atoms with Crippen LogP contribution in [0.3, 0.4) is 0 Å². The second-order valence-corrected chi connectivity index (χ2v) is 6.49. The fraction of sp³-hybridized carbons (Fsp3) is 0.381. The van der Waals surface area contributed by atoms with Crippen LogP contribution >= 0.6 is 0 Å². The van der Waals surface area contributed by atoms with Gasteiger partial charge in [-0.1, -0.05) is 48.5 Å². The minimum atomic E-state index is -0.0921. The predicted molar refractivity (Wildman–Crippen MR) is 99.3 cm³/mol. The summed E-state index contributed by atoms with van der Waals surface area (Å²) < 4.78 is 0. The molecule has 24 heavy (non-hydrogen) atoms. The van der Waals surface area contributed by atoms with Crippen LogP contribution < -0.4 is 10.2 Å². The summed E-state index contributed by atoms with van der Waals surface area (Å²) in [6, 6.07) is 21.2. The van der Waals surface area contributed by atoms with Gasteiger partial charge in [0, 0.05) is 25.3 Å². The van der Waals surface area contributed by atoms with Crippen molar-refractivity contribution in [2.24, 2.45) is 0 Å². The number of amides is 1. The zero-order valence-corrected chi connectivity index (χ0v) is 14.3. The highest BCUT2D eigenvalue weighted by Crippen LogP contribution is 2.31. The smallest absolute Gasteiger partial charge is 0.227 e. The summed E-state index contributed by atoms with van der Waals surface area (Å²) in [4.78, 5) is 15.0. The average molecular weight is 322 g/mol. The van der Waals surface area contributed by atoms with Gasteiger partial charge in [-0.25, -0.2) is 0 Å². The molecule has 2 atom stereocenters. The fourth-order valence-electron chi connectivity index (χ4n) is 3.73. The summed E-state index contributed by atoms with van der Waals surface area (Å²) in [7, 11) is 1.73. The lowest BCUT2D eigenvalue weighted by Crippen LogP contribution is -2.42. The molecule has 0 spiro atoms. The Labute approximate surface area is 144 Å². The molecular formula is C21H26N2O. The SMILES string of the molecule is CNC(=O)C(CC1CCCCN1c1ccccc1)c1ccccc1. The number of hydrogen-bond acceptors (Lipinski definition) is 2. The normalized spacial score (nSPS) is 18.9. The molecule has 1 N–H and O–H groups in total. The number of nitrogens with one attached hydrogen (secondary N) is 1. The van der Waals surface area contributed by atoms with Crippen LogP contribution in [-0.4, -0.2) is 25.5 Å². The van der Waals surface area contributed by atoms with Gasteiger partial charge >= 0.3 is 0 Å². The van der Waals surface area contributed by atoms with E-state index in [4.69, 9.17) is 0 Å². The van der Waals surface area contributed by atoms with Gasteiger partial charge in [0.25, 0.3) is 0 Å². The van der Waals surface area contributed by atoms with E-state index in [-0.39, 0.29) is 11.8 Å². The summed E-state index contributed by atoms with van der Waals surface area (Å²) in [5, 5.41) is 2.85. The van der Waals surface area contributed by atoms with Gasteiger partial charge in [0.05, 0.1) is 5.92 Å². The van der Waals surface area contributed by atoms with E-state index in [2.05, 4.69) is 52.7 Å². The van der Waals surface area contributed by atoms with Gasteiger partial charge in [0.2, 0.25) is 5.91 Å². The molecule has 1 heterocycles. The second-order valence-electron chi connectivity index (χ2n) is 6.49. The minimum Gasteiger partial charge on any atom is -0.369 e. The zero-order valence-electron chi connectivity index (χ0n) is 14.3. The Morgan fingerprint density at radius 3 is 2.42 bits per heavy atom. The molecule has 0 saturated carbocycles. The van der Waals surface area contributed by atoms with E-state index in [1.165, 1.54) is 18.5 Å². The molecule has 3 rings (SSSR count). The largest absolute Gasteiger partial charge is 0.369 e. The van der Waals surface area contributed by atoms with Crippen molar-refractivity contribution in [3.63, 3.8) is 0 Å². The van der Waals surface area contributed by atoms with Crippen LogP contribution in [0, 0.1) is 0 Å². The molecular weight excluding hydrogens is 296 g/mol. The van der Waals surface area contributed by atoms with Crippen LogP contribution in [0.5, 0.6) is 0 Å². The third-order valence-corrected chi connectivity index (χ3v) is 4.99. The Balaban J connectivity index is 1.83. The highest BCUT2D eigenvalue weighted by atomic mass is 16.1. The molecule has 0 bridgehead atoms. The summed E-state index contributed by atoms with van der Waals surface area (Å²) in [6.45, 7) is 1.07. The number of likely N-dealkylation sites (N-methyl/N-ethyl adjacent to an activating group) is 1. The monoisotopic (exact) mass is 322 g/mol. The molecule has 0 aromatic heterocycles. The third kappa shape index (κ3) is 3.78. The summed E-state index contributed by atoms with van der Waals surface area (Å²) in [5.41, 5.74) is 2.38. The van der Waals surface area contributed by atoms with Crippen LogP contribution in [0.1, 0.15) is 37.2 Å². The molecule has 2 unspecified atom stereocenters. The average Bonchev–Trinajstić information content (AvgIpc) is 2.67. The maximum atomic E-state index is 12.5. The van der Waals surface area contributed by atoms with Crippen LogP contribution in [0.2, 0.25) is 0 Å². The van der Waals surface area contributed by atoms with E-state index in [9.17, 15) is 4.79 Å². The molecule has 0 radical (unpaired) electrons. The minimum absolute atomic E-state index is 0.0921. The van der Waals surface area contributed by atoms with Crippen LogP contribution in [-0.2, 0) is 4.79 Å². The van der Waals surface area contributed by atoms with Crippen molar-refractivity contribution in [1.82, 2.24) is 5.32 Å². The number of anilines is 1. The molecule has 1 fully saturated rings. The Kier molecular flexibility index (Phi) is 5.52. The molecule has 2 aromatic carbocycles. The van der Waals surface area contributed by atoms with Gasteiger partial charge in [0.15, 0.2) is 0 Å². The van der Waals surface area contributed by atoms with Gasteiger partial charge in [-0.15, -0.1) is 0 Å². The third-order valence-electron chi connectivity index (χ3n) is 4.99. The lowest BCUT2D eigenvalue weighted by Gasteiger charge is -2.39. The second kappa shape index (κ2) is 8.00. The van der Waals surface area contributed by atoms with Crippen LogP contribution in [0.15, 0.2) is 60.7 Å². The van der Waals surface area contributed by atoms with Crippen molar-refractivity contribution in [2.75, 3.05) is 18.5 Å². The molecule has 126 valence electrons. The first-order chi connectivity index (χ1) is 11.8. The van der Waals surface area contributed by atoms with E-state index in [1.807, 2.05) is 18.2 Å². The molecule has 3 nitrogen and oxygen atoms in total. The first-order valence-electron chi connectivity index (χ1n) is 8.88. The van der Waals surface area contributed by atoms with Crippen LogP contribution in [0.4, 0.5) is 5.69 Å². The summed E-state index contributed by atoms with van der Waals surface area (Å²) in [6.07, 6.45) is 4.47. The number of hydrogen-bond donors (Lipinski definition) is 1. The molecule has 1 aliphatic heterocycles. The lowest BCUT2D eigenvalue weighted by molar-refractivity contribution is -0.122. The van der Waals surface area contributed by atoms with Gasteiger partial charge in [-0.2, -0.15) is 0 Å². The van der Waals surface area contributed by atoms with E-state index in [0.717, 1.165) is 24.9 Å². The van der Waals surface area contributed by atoms with Gasteiger partial charge < -0.3 is 10.2 Å². The Morgan fingerprint density at radius 1 is 1.08 bits per heavy atom. The summed E-state index contributed by atoms with van der Waals surface area (Å²) in [5.74, 6) is 0.0188. The van der Waals surface area contributed by atoms with Crippen molar-refractivity contribution in [3.05, 3.63) is 66.2 Å². The quantitative estimate of drug-likeness (QED) is 0.903. The molecule has 1 aliphatic rings. The number of nitrogens with zero attached hydrogens (tertiary/aromatic N) is 1. The van der Waals surface area contributed by atoms with Crippen molar-refractivity contribution in [2.45, 2.75) is 37.6 Å². The first-order valence-corrected chi connectivity index (χ1v) is 8.88. The Morgan fingerprint density at radius 2 is 1.75 bits per heavy atom. The molecule has 2 aromatic rings. The van der Waals surface area contributed by atoms with Crippen molar-refractivity contribution in [1.29, 1.82) is 0 Å². The predicted octanol–water partition coefficient (Wildman–Crippen LogP) is 3.97. The van der Waals surface area contributed by atoms with Crippen LogP contribution in [0.25, 0.3) is 0 Å². The number of rotatable bonds is 5. The number of carbonyl (C=O) groups excluding carboxylic acids is 1. The number of benzene rings is 2. The van der Waals surface area contributed by atoms with Gasteiger partial charge in [-0.3, -0.25) is 4.79 Å². The highest BCUT2D eigenvalue weighted by molar-refractivity contribution is 5.83. The maximum absolute atomic E-state index is 12.5. The molecule has 3 heteroatoms. The topological polar surface area (TPSA) is 32.3 Å². The van der Waals surface area contributed by atoms with E-state index < -0.39 is 0 Å². The molecule has 1 saturated heterocycles. The first kappa shape index (κ1) is 16.6. The van der Waals surface area contributed by atoms with E-state index >= 15 is 0 Å². The maximum Gasteiger partial charge on any atom is 0.227 e. The fourth-order valence-corrected chi connectivity index (χ4v) is 3.73. The van der Waals surface area contributed by atoms with Crippen molar-refractivity contribution >= 4 is 11.6 Å². The molecule has 0 aliphatic carbocycles. The van der Waals surface area contributed by atoms with E-state index in [0.29, 0.717) is 6.04 Å². The Hall–Kier alpha value is -2.29. The van der Waals surface area contributed by atoms with Crippen molar-refractivity contribution in [3.8, 4) is 0 Å². The Bertz CT molecular complexity index is 641. The van der Waals surface area contributed by atoms with Crippen molar-refractivity contribution < 1.29 is 4.79 Å². The van der Waals surface area contributed by atoms with Gasteiger partial charge in [0.1, 0.15) is 0 Å².